The van der Waals surface area contributed by atoms with E-state index in [2.05, 4.69) is 10.6 Å². The summed E-state index contributed by atoms with van der Waals surface area (Å²) < 4.78 is 10.6. The molecule has 6 heteroatoms. The van der Waals surface area contributed by atoms with E-state index in [1.807, 2.05) is 43.3 Å². The Bertz CT molecular complexity index is 861. The summed E-state index contributed by atoms with van der Waals surface area (Å²) in [7, 11) is 0. The van der Waals surface area contributed by atoms with Crippen LogP contribution in [-0.2, 0) is 9.59 Å². The molecule has 1 aliphatic heterocycles. The van der Waals surface area contributed by atoms with Crippen LogP contribution in [0.1, 0.15) is 31.0 Å². The Morgan fingerprint density at radius 3 is 2.73 bits per heavy atom. The maximum atomic E-state index is 12.2. The van der Waals surface area contributed by atoms with Crippen molar-refractivity contribution in [2.45, 2.75) is 19.9 Å². The minimum atomic E-state index is -0.208. The van der Waals surface area contributed by atoms with Gasteiger partial charge in [-0.1, -0.05) is 18.2 Å². The molecule has 1 aliphatic rings. The minimum Gasteiger partial charge on any atom is -0.454 e. The number of nitrogens with one attached hydrogen (secondary N) is 2. The number of fused-ring (bicyclic) bond motifs is 1. The molecule has 0 aromatic heterocycles. The summed E-state index contributed by atoms with van der Waals surface area (Å²) >= 11 is 0. The normalized spacial score (nSPS) is 13.5. The molecule has 0 saturated carbocycles. The predicted molar refractivity (Wildman–Crippen MR) is 98.9 cm³/mol. The second-order valence-corrected chi connectivity index (χ2v) is 5.98. The van der Waals surface area contributed by atoms with Gasteiger partial charge in [0.25, 0.3) is 0 Å². The van der Waals surface area contributed by atoms with Crippen molar-refractivity contribution in [3.05, 3.63) is 59.7 Å². The van der Waals surface area contributed by atoms with Crippen LogP contribution in [-0.4, -0.2) is 18.6 Å². The second kappa shape index (κ2) is 7.74. The molecule has 0 fully saturated rings. The van der Waals surface area contributed by atoms with Gasteiger partial charge in [0.15, 0.2) is 11.5 Å². The largest absolute Gasteiger partial charge is 0.454 e. The molecule has 2 N–H and O–H groups in total. The van der Waals surface area contributed by atoms with Crippen LogP contribution in [0.3, 0.4) is 0 Å². The Balaban J connectivity index is 1.61. The number of hydrogen-bond acceptors (Lipinski definition) is 4. The van der Waals surface area contributed by atoms with Crippen molar-refractivity contribution in [3.8, 4) is 11.5 Å². The molecule has 0 bridgehead atoms. The van der Waals surface area contributed by atoms with Gasteiger partial charge in [-0.05, 0) is 48.4 Å². The summed E-state index contributed by atoms with van der Waals surface area (Å²) in [6, 6.07) is 12.7. The first-order valence-electron chi connectivity index (χ1n) is 8.27. The van der Waals surface area contributed by atoms with Gasteiger partial charge in [0.05, 0.1) is 6.04 Å². The van der Waals surface area contributed by atoms with E-state index in [0.29, 0.717) is 17.2 Å². The van der Waals surface area contributed by atoms with E-state index in [9.17, 15) is 9.59 Å². The van der Waals surface area contributed by atoms with Gasteiger partial charge in [-0.25, -0.2) is 0 Å². The van der Waals surface area contributed by atoms with E-state index in [4.69, 9.17) is 9.47 Å². The van der Waals surface area contributed by atoms with E-state index < -0.39 is 0 Å². The zero-order chi connectivity index (χ0) is 18.5. The van der Waals surface area contributed by atoms with E-state index in [1.54, 1.807) is 12.1 Å². The zero-order valence-corrected chi connectivity index (χ0v) is 14.6. The topological polar surface area (TPSA) is 76.7 Å². The zero-order valence-electron chi connectivity index (χ0n) is 14.6. The fourth-order valence-electron chi connectivity index (χ4n) is 2.62. The van der Waals surface area contributed by atoms with Gasteiger partial charge in [0.2, 0.25) is 18.6 Å². The standard InChI is InChI=1S/C20H20N2O4/c1-13(16-4-3-5-17(11-16)22-14(2)23)21-20(24)9-7-15-6-8-18-19(10-15)26-12-25-18/h3-11,13H,12H2,1-2H3,(H,21,24)(H,22,23)/b9-7+/t13-/m0/s1. The van der Waals surface area contributed by atoms with Gasteiger partial charge in [-0.3, -0.25) is 9.59 Å². The van der Waals surface area contributed by atoms with Crippen LogP contribution in [0.4, 0.5) is 5.69 Å². The molecule has 26 heavy (non-hydrogen) atoms. The summed E-state index contributed by atoms with van der Waals surface area (Å²) in [6.07, 6.45) is 3.20. The van der Waals surface area contributed by atoms with E-state index in [0.717, 1.165) is 11.1 Å². The van der Waals surface area contributed by atoms with Crippen molar-refractivity contribution >= 4 is 23.6 Å². The Kier molecular flexibility index (Phi) is 5.22. The highest BCUT2D eigenvalue weighted by atomic mass is 16.7. The first-order valence-corrected chi connectivity index (χ1v) is 8.27. The van der Waals surface area contributed by atoms with Gasteiger partial charge >= 0.3 is 0 Å². The van der Waals surface area contributed by atoms with Crippen molar-refractivity contribution in [1.29, 1.82) is 0 Å². The third kappa shape index (κ3) is 4.42. The first kappa shape index (κ1) is 17.5. The highest BCUT2D eigenvalue weighted by Gasteiger charge is 2.12. The van der Waals surface area contributed by atoms with Gasteiger partial charge in [0, 0.05) is 18.7 Å². The highest BCUT2D eigenvalue weighted by Crippen LogP contribution is 2.32. The Morgan fingerprint density at radius 2 is 1.92 bits per heavy atom. The summed E-state index contributed by atoms with van der Waals surface area (Å²) in [5.41, 5.74) is 2.46. The van der Waals surface area contributed by atoms with Gasteiger partial charge in [-0.2, -0.15) is 0 Å². The Hall–Kier alpha value is -3.28. The van der Waals surface area contributed by atoms with Crippen LogP contribution in [0, 0.1) is 0 Å². The smallest absolute Gasteiger partial charge is 0.244 e. The van der Waals surface area contributed by atoms with E-state index >= 15 is 0 Å². The Morgan fingerprint density at radius 1 is 1.12 bits per heavy atom. The van der Waals surface area contributed by atoms with Crippen LogP contribution in [0.15, 0.2) is 48.5 Å². The number of hydrogen-bond donors (Lipinski definition) is 2. The van der Waals surface area contributed by atoms with Gasteiger partial charge in [0.1, 0.15) is 0 Å². The molecule has 2 aromatic carbocycles. The van der Waals surface area contributed by atoms with Crippen molar-refractivity contribution in [2.75, 3.05) is 12.1 Å². The molecule has 0 spiro atoms. The van der Waals surface area contributed by atoms with Crippen molar-refractivity contribution in [1.82, 2.24) is 5.32 Å². The average molecular weight is 352 g/mol. The molecule has 3 rings (SSSR count). The fraction of sp³-hybridized carbons (Fsp3) is 0.200. The molecule has 0 radical (unpaired) electrons. The molecule has 0 unspecified atom stereocenters. The molecule has 1 heterocycles. The van der Waals surface area contributed by atoms with E-state index in [1.165, 1.54) is 13.0 Å². The maximum Gasteiger partial charge on any atom is 0.244 e. The number of anilines is 1. The molecule has 134 valence electrons. The number of carbonyl (C=O) groups is 2. The lowest BCUT2D eigenvalue weighted by molar-refractivity contribution is -0.117. The van der Waals surface area contributed by atoms with Crippen LogP contribution in [0.5, 0.6) is 11.5 Å². The summed E-state index contributed by atoms with van der Waals surface area (Å²) in [5, 5.41) is 5.64. The number of rotatable bonds is 5. The summed E-state index contributed by atoms with van der Waals surface area (Å²) in [4.78, 5) is 23.3. The third-order valence-electron chi connectivity index (χ3n) is 3.89. The molecule has 2 aromatic rings. The number of ether oxygens (including phenoxy) is 2. The Labute approximate surface area is 151 Å². The van der Waals surface area contributed by atoms with Crippen LogP contribution in [0.25, 0.3) is 6.08 Å². The summed E-state index contributed by atoms with van der Waals surface area (Å²) in [5.74, 6) is 1.04. The fourth-order valence-corrected chi connectivity index (χ4v) is 2.62. The SMILES string of the molecule is CC(=O)Nc1cccc([C@H](C)NC(=O)/C=C/c2ccc3c(c2)OCO3)c1. The quantitative estimate of drug-likeness (QED) is 0.810. The number of carbonyl (C=O) groups excluding carboxylic acids is 2. The lowest BCUT2D eigenvalue weighted by Crippen LogP contribution is -2.24. The van der Waals surface area contributed by atoms with E-state index in [-0.39, 0.29) is 24.6 Å². The average Bonchev–Trinajstić information content (AvgIpc) is 3.07. The van der Waals surface area contributed by atoms with Crippen LogP contribution >= 0.6 is 0 Å². The lowest BCUT2D eigenvalue weighted by atomic mass is 10.1. The van der Waals surface area contributed by atoms with Crippen LogP contribution in [0.2, 0.25) is 0 Å². The number of benzene rings is 2. The highest BCUT2D eigenvalue weighted by molar-refractivity contribution is 5.92. The van der Waals surface area contributed by atoms with Gasteiger partial charge < -0.3 is 20.1 Å². The van der Waals surface area contributed by atoms with Crippen molar-refractivity contribution < 1.29 is 19.1 Å². The predicted octanol–water partition coefficient (Wildman–Crippen LogP) is 3.26. The molecule has 0 aliphatic carbocycles. The molecule has 1 atom stereocenters. The molecular formula is C20H20N2O4. The second-order valence-electron chi connectivity index (χ2n) is 5.98. The minimum absolute atomic E-state index is 0.134. The maximum absolute atomic E-state index is 12.2. The molecule has 0 saturated heterocycles. The van der Waals surface area contributed by atoms with Crippen molar-refractivity contribution in [2.24, 2.45) is 0 Å². The number of amides is 2. The first-order chi connectivity index (χ1) is 12.5. The molecule has 6 nitrogen and oxygen atoms in total. The molecule has 2 amide bonds. The van der Waals surface area contributed by atoms with Crippen LogP contribution < -0.4 is 20.1 Å². The lowest BCUT2D eigenvalue weighted by Gasteiger charge is -2.14. The third-order valence-corrected chi connectivity index (χ3v) is 3.89. The monoisotopic (exact) mass is 352 g/mol. The summed E-state index contributed by atoms with van der Waals surface area (Å²) in [6.45, 7) is 3.57. The van der Waals surface area contributed by atoms with Gasteiger partial charge in [-0.15, -0.1) is 0 Å². The van der Waals surface area contributed by atoms with Crippen molar-refractivity contribution in [3.63, 3.8) is 0 Å². The molecular weight excluding hydrogens is 332 g/mol.